The van der Waals surface area contributed by atoms with Crippen LogP contribution in [0.25, 0.3) is 11.1 Å². The first-order valence-corrected chi connectivity index (χ1v) is 12.5. The number of anilines is 1. The number of pyridine rings is 1. The molecule has 6 nitrogen and oxygen atoms in total. The summed E-state index contributed by atoms with van der Waals surface area (Å²) in [5.74, 6) is -1.65. The summed E-state index contributed by atoms with van der Waals surface area (Å²) in [5.41, 5.74) is 0.775. The molecule has 0 spiro atoms. The van der Waals surface area contributed by atoms with E-state index >= 15 is 0 Å². The fourth-order valence-corrected chi connectivity index (χ4v) is 5.39. The molecule has 3 aromatic carbocycles. The van der Waals surface area contributed by atoms with Gasteiger partial charge in [-0.15, -0.1) is 0 Å². The number of carboxylic acid groups (broad SMARTS) is 1. The van der Waals surface area contributed by atoms with Crippen molar-refractivity contribution in [2.24, 2.45) is 0 Å². The van der Waals surface area contributed by atoms with Crippen molar-refractivity contribution in [3.8, 4) is 11.1 Å². The van der Waals surface area contributed by atoms with Gasteiger partial charge in [0.2, 0.25) is 0 Å². The lowest BCUT2D eigenvalue weighted by Gasteiger charge is -2.26. The zero-order valence-corrected chi connectivity index (χ0v) is 20.4. The van der Waals surface area contributed by atoms with Crippen molar-refractivity contribution >= 4 is 33.4 Å². The summed E-state index contributed by atoms with van der Waals surface area (Å²) >= 11 is 6.17. The Morgan fingerprint density at radius 3 is 2.16 bits per heavy atom. The van der Waals surface area contributed by atoms with E-state index in [-0.39, 0.29) is 17.0 Å². The number of hydrogen-bond acceptors (Lipinski definition) is 4. The van der Waals surface area contributed by atoms with Crippen LogP contribution in [0, 0.1) is 0 Å². The Morgan fingerprint density at radius 1 is 0.946 bits per heavy atom. The largest absolute Gasteiger partial charge is 0.478 e. The van der Waals surface area contributed by atoms with E-state index in [1.54, 1.807) is 24.3 Å². The summed E-state index contributed by atoms with van der Waals surface area (Å²) in [4.78, 5) is 14.7. The van der Waals surface area contributed by atoms with Gasteiger partial charge in [-0.05, 0) is 47.0 Å². The van der Waals surface area contributed by atoms with Gasteiger partial charge in [-0.1, -0.05) is 66.2 Å². The van der Waals surface area contributed by atoms with Crippen molar-refractivity contribution in [2.75, 3.05) is 4.31 Å². The maximum absolute atomic E-state index is 13.8. The van der Waals surface area contributed by atoms with Gasteiger partial charge in [0.15, 0.2) is 5.82 Å². The van der Waals surface area contributed by atoms with Crippen LogP contribution < -0.4 is 4.31 Å². The topological polar surface area (TPSA) is 87.6 Å². The van der Waals surface area contributed by atoms with Gasteiger partial charge in [0.1, 0.15) is 0 Å². The molecule has 4 rings (SSSR count). The summed E-state index contributed by atoms with van der Waals surface area (Å²) in [6.07, 6.45) is -4.22. The Hall–Kier alpha value is -3.89. The normalized spacial score (nSPS) is 11.8. The van der Waals surface area contributed by atoms with E-state index in [4.69, 9.17) is 16.7 Å². The predicted molar refractivity (Wildman–Crippen MR) is 133 cm³/mol. The number of rotatable bonds is 7. The molecule has 1 heterocycles. The number of hydrogen-bond donors (Lipinski definition) is 1. The molecule has 0 aliphatic carbocycles. The fraction of sp³-hybridized carbons (Fsp3) is 0.0769. The molecule has 1 N–H and O–H groups in total. The second-order valence-corrected chi connectivity index (χ2v) is 10.2. The van der Waals surface area contributed by atoms with Crippen LogP contribution in [0.3, 0.4) is 0 Å². The Labute approximate surface area is 215 Å². The third kappa shape index (κ3) is 5.60. The average Bonchev–Trinajstić information content (AvgIpc) is 2.87. The van der Waals surface area contributed by atoms with Gasteiger partial charge in [-0.3, -0.25) is 0 Å². The number of carboxylic acids is 1. The first kappa shape index (κ1) is 26.2. The number of aromatic nitrogens is 1. The fourth-order valence-electron chi connectivity index (χ4n) is 3.65. The molecule has 0 amide bonds. The highest BCUT2D eigenvalue weighted by molar-refractivity contribution is 7.92. The third-order valence-electron chi connectivity index (χ3n) is 5.49. The molecule has 0 saturated carbocycles. The van der Waals surface area contributed by atoms with Crippen molar-refractivity contribution in [2.45, 2.75) is 17.6 Å². The monoisotopic (exact) mass is 546 g/mol. The minimum absolute atomic E-state index is 0.134. The standard InChI is InChI=1S/C26H18ClF3N2O4S/c27-23-14-20(26(28,29)30)15-31-24(23)32(37(35,36)21-12-10-18(11-13-21)25(33)34)16-19-8-4-5-9-22(19)17-6-2-1-3-7-17/h1-15H,16H2,(H,33,34). The Morgan fingerprint density at radius 2 is 1.57 bits per heavy atom. The first-order valence-electron chi connectivity index (χ1n) is 10.7. The van der Waals surface area contributed by atoms with Crippen molar-refractivity contribution < 1.29 is 31.5 Å². The van der Waals surface area contributed by atoms with Crippen LogP contribution in [0.1, 0.15) is 21.5 Å². The van der Waals surface area contributed by atoms with E-state index in [0.29, 0.717) is 23.4 Å². The van der Waals surface area contributed by atoms with Gasteiger partial charge in [0.25, 0.3) is 10.0 Å². The van der Waals surface area contributed by atoms with Crippen molar-refractivity contribution in [1.29, 1.82) is 0 Å². The zero-order valence-electron chi connectivity index (χ0n) is 18.9. The maximum atomic E-state index is 13.8. The summed E-state index contributed by atoms with van der Waals surface area (Å²) < 4.78 is 68.0. The summed E-state index contributed by atoms with van der Waals surface area (Å²) in [6, 6.07) is 21.2. The van der Waals surface area contributed by atoms with Crippen LogP contribution in [0.5, 0.6) is 0 Å². The van der Waals surface area contributed by atoms with Crippen LogP contribution in [-0.4, -0.2) is 24.5 Å². The second-order valence-electron chi connectivity index (χ2n) is 7.89. The molecule has 0 saturated heterocycles. The molecular formula is C26H18ClF3N2O4S. The molecule has 0 radical (unpaired) electrons. The molecule has 190 valence electrons. The van der Waals surface area contributed by atoms with Crippen molar-refractivity contribution in [3.63, 3.8) is 0 Å². The van der Waals surface area contributed by atoms with Crippen molar-refractivity contribution in [1.82, 2.24) is 4.98 Å². The third-order valence-corrected chi connectivity index (χ3v) is 7.52. The highest BCUT2D eigenvalue weighted by atomic mass is 35.5. The minimum atomic E-state index is -4.73. The van der Waals surface area contributed by atoms with Gasteiger partial charge in [-0.2, -0.15) is 13.2 Å². The second kappa shape index (κ2) is 10.2. The number of halogens is 4. The predicted octanol–water partition coefficient (Wildman–Crippen LogP) is 6.51. The Bertz CT molecular complexity index is 1540. The van der Waals surface area contributed by atoms with Gasteiger partial charge in [0.05, 0.1) is 27.6 Å². The number of aromatic carboxylic acids is 1. The molecule has 0 aliphatic heterocycles. The van der Waals surface area contributed by atoms with Crippen LogP contribution in [0.15, 0.2) is 96.0 Å². The average molecular weight is 547 g/mol. The summed E-state index contributed by atoms with van der Waals surface area (Å²) in [7, 11) is -4.45. The molecule has 4 aromatic rings. The lowest BCUT2D eigenvalue weighted by Crippen LogP contribution is -2.32. The SMILES string of the molecule is O=C(O)c1ccc(S(=O)(=O)N(Cc2ccccc2-c2ccccc2)c2ncc(C(F)(F)F)cc2Cl)cc1. The quantitative estimate of drug-likeness (QED) is 0.285. The summed E-state index contributed by atoms with van der Waals surface area (Å²) in [5, 5.41) is 8.63. The smallest absolute Gasteiger partial charge is 0.417 e. The molecule has 0 atom stereocenters. The van der Waals surface area contributed by atoms with Crippen molar-refractivity contribution in [3.05, 3.63) is 113 Å². The number of alkyl halides is 3. The molecular weight excluding hydrogens is 529 g/mol. The van der Waals surface area contributed by atoms with E-state index < -0.39 is 38.6 Å². The summed E-state index contributed by atoms with van der Waals surface area (Å²) in [6.45, 7) is -0.313. The van der Waals surface area contributed by atoms with Gasteiger partial charge >= 0.3 is 12.1 Å². The molecule has 1 aromatic heterocycles. The molecule has 11 heteroatoms. The van der Waals surface area contributed by atoms with Crippen LogP contribution >= 0.6 is 11.6 Å². The van der Waals surface area contributed by atoms with E-state index in [0.717, 1.165) is 34.1 Å². The van der Waals surface area contributed by atoms with E-state index in [2.05, 4.69) is 4.98 Å². The zero-order chi connectivity index (χ0) is 26.8. The van der Waals surface area contributed by atoms with Gasteiger partial charge < -0.3 is 5.11 Å². The van der Waals surface area contributed by atoms with Crippen LogP contribution in [0.4, 0.5) is 19.0 Å². The lowest BCUT2D eigenvalue weighted by molar-refractivity contribution is -0.137. The Balaban J connectivity index is 1.86. The number of sulfonamides is 1. The number of carbonyl (C=O) groups is 1. The molecule has 0 unspecified atom stereocenters. The molecule has 0 fully saturated rings. The van der Waals surface area contributed by atoms with E-state index in [9.17, 15) is 26.4 Å². The lowest BCUT2D eigenvalue weighted by atomic mass is 10.00. The molecule has 0 bridgehead atoms. The number of nitrogens with zero attached hydrogens (tertiary/aromatic N) is 2. The molecule has 0 aliphatic rings. The van der Waals surface area contributed by atoms with E-state index in [1.165, 1.54) is 0 Å². The minimum Gasteiger partial charge on any atom is -0.478 e. The maximum Gasteiger partial charge on any atom is 0.417 e. The first-order chi connectivity index (χ1) is 17.5. The van der Waals surface area contributed by atoms with Crippen LogP contribution in [-0.2, 0) is 22.7 Å². The van der Waals surface area contributed by atoms with Gasteiger partial charge in [0, 0.05) is 6.20 Å². The Kier molecular flexibility index (Phi) is 7.24. The highest BCUT2D eigenvalue weighted by Gasteiger charge is 2.34. The van der Waals surface area contributed by atoms with Gasteiger partial charge in [-0.25, -0.2) is 22.5 Å². The highest BCUT2D eigenvalue weighted by Crippen LogP contribution is 2.37. The van der Waals surface area contributed by atoms with E-state index in [1.807, 2.05) is 30.3 Å². The molecule has 37 heavy (non-hydrogen) atoms. The number of benzene rings is 3. The van der Waals surface area contributed by atoms with Crippen LogP contribution in [0.2, 0.25) is 5.02 Å².